The highest BCUT2D eigenvalue weighted by atomic mass is 32.2. The number of carbonyl (C=O) groups is 1. The van der Waals surface area contributed by atoms with Crippen LogP contribution in [0.2, 0.25) is 0 Å². The van der Waals surface area contributed by atoms with E-state index in [4.69, 9.17) is 14.2 Å². The summed E-state index contributed by atoms with van der Waals surface area (Å²) in [6, 6.07) is 4.22. The van der Waals surface area contributed by atoms with Crippen LogP contribution >= 0.6 is 0 Å². The zero-order valence-electron chi connectivity index (χ0n) is 18.2. The third kappa shape index (κ3) is 4.58. The molecule has 0 fully saturated rings. The Bertz CT molecular complexity index is 1140. The molecule has 0 aliphatic carbocycles. The van der Waals surface area contributed by atoms with Crippen molar-refractivity contribution >= 4 is 16.0 Å². The second-order valence-corrected chi connectivity index (χ2v) is 8.99. The summed E-state index contributed by atoms with van der Waals surface area (Å²) in [4.78, 5) is 11.7. The van der Waals surface area contributed by atoms with Crippen LogP contribution in [0.25, 0.3) is 0 Å². The molecule has 2 aromatic rings. The number of nitrogens with zero attached hydrogens (tertiary/aromatic N) is 1. The van der Waals surface area contributed by atoms with Crippen molar-refractivity contribution in [2.45, 2.75) is 30.1 Å². The number of hydrogen-bond donors (Lipinski definition) is 0. The first-order chi connectivity index (χ1) is 15.5. The average molecular weight is 489 g/mol. The monoisotopic (exact) mass is 489 g/mol. The quantitative estimate of drug-likeness (QED) is 0.550. The summed E-state index contributed by atoms with van der Waals surface area (Å²) in [6.45, 7) is -0.267. The Hall–Kier alpha value is -2.99. The smallest absolute Gasteiger partial charge is 0.416 e. The number of ether oxygens (including phenoxy) is 4. The molecule has 1 heterocycles. The Morgan fingerprint density at radius 2 is 1.61 bits per heavy atom. The predicted octanol–water partition coefficient (Wildman–Crippen LogP) is 3.54. The van der Waals surface area contributed by atoms with E-state index < -0.39 is 40.2 Å². The molecule has 8 nitrogen and oxygen atoms in total. The molecule has 1 aliphatic rings. The third-order valence-electron chi connectivity index (χ3n) is 5.28. The Morgan fingerprint density at radius 1 is 1.00 bits per heavy atom. The van der Waals surface area contributed by atoms with Crippen LogP contribution in [-0.4, -0.2) is 47.1 Å². The van der Waals surface area contributed by atoms with Crippen molar-refractivity contribution in [3.05, 3.63) is 47.0 Å². The van der Waals surface area contributed by atoms with Gasteiger partial charge in [-0.1, -0.05) is 0 Å². The minimum Gasteiger partial charge on any atom is -0.493 e. The minimum atomic E-state index is -4.68. The van der Waals surface area contributed by atoms with Gasteiger partial charge in [-0.15, -0.1) is 0 Å². The van der Waals surface area contributed by atoms with Gasteiger partial charge in [0.25, 0.3) is 0 Å². The van der Waals surface area contributed by atoms with Crippen molar-refractivity contribution in [2.75, 3.05) is 28.4 Å². The third-order valence-corrected chi connectivity index (χ3v) is 7.21. The lowest BCUT2D eigenvalue weighted by Gasteiger charge is -2.24. The van der Waals surface area contributed by atoms with E-state index in [9.17, 15) is 26.4 Å². The summed E-state index contributed by atoms with van der Waals surface area (Å²) in [5.74, 6) is 0.0577. The molecule has 2 aromatic carbocycles. The van der Waals surface area contributed by atoms with Crippen molar-refractivity contribution in [3.8, 4) is 17.2 Å². The minimum absolute atomic E-state index is 0.123. The largest absolute Gasteiger partial charge is 0.493 e. The van der Waals surface area contributed by atoms with Gasteiger partial charge < -0.3 is 18.9 Å². The van der Waals surface area contributed by atoms with Crippen LogP contribution < -0.4 is 14.2 Å². The fourth-order valence-corrected chi connectivity index (χ4v) is 5.55. The molecular weight excluding hydrogens is 467 g/mol. The summed E-state index contributed by atoms with van der Waals surface area (Å²) in [5.41, 5.74) is -0.726. The van der Waals surface area contributed by atoms with Crippen LogP contribution in [0.3, 0.4) is 0 Å². The Morgan fingerprint density at radius 3 is 2.09 bits per heavy atom. The highest BCUT2D eigenvalue weighted by molar-refractivity contribution is 7.89. The molecule has 0 aromatic heterocycles. The molecule has 0 amide bonds. The number of sulfonamides is 1. The van der Waals surface area contributed by atoms with Crippen molar-refractivity contribution < 1.29 is 45.3 Å². The number of hydrogen-bond acceptors (Lipinski definition) is 7. The molecule has 3 rings (SSSR count). The van der Waals surface area contributed by atoms with Gasteiger partial charge >= 0.3 is 12.1 Å². The summed E-state index contributed by atoms with van der Waals surface area (Å²) >= 11 is 0. The molecule has 0 spiro atoms. The molecule has 12 heteroatoms. The number of methoxy groups -OCH3 is 4. The SMILES string of the molecule is COC(=O)C[C@H]1c2cc(C(F)(F)F)ccc2S(=O)(=O)N1Cc1cc(OC)c(OC)c(OC)c1. The lowest BCUT2D eigenvalue weighted by molar-refractivity contribution is -0.141. The van der Waals surface area contributed by atoms with Crippen LogP contribution in [0.5, 0.6) is 17.2 Å². The predicted molar refractivity (Wildman–Crippen MR) is 110 cm³/mol. The van der Waals surface area contributed by atoms with E-state index in [1.807, 2.05) is 0 Å². The van der Waals surface area contributed by atoms with Gasteiger partial charge in [0, 0.05) is 6.54 Å². The summed E-state index contributed by atoms with van der Waals surface area (Å²) < 4.78 is 87.9. The van der Waals surface area contributed by atoms with E-state index in [-0.39, 0.29) is 34.3 Å². The van der Waals surface area contributed by atoms with Crippen LogP contribution in [0.1, 0.15) is 29.2 Å². The number of halogens is 3. The molecule has 0 bridgehead atoms. The van der Waals surface area contributed by atoms with Gasteiger partial charge in [-0.25, -0.2) is 8.42 Å². The van der Waals surface area contributed by atoms with E-state index in [2.05, 4.69) is 4.74 Å². The normalized spacial score (nSPS) is 17.4. The Kier molecular flexibility index (Phi) is 6.80. The van der Waals surface area contributed by atoms with Crippen LogP contribution in [0.4, 0.5) is 13.2 Å². The fourth-order valence-electron chi connectivity index (χ4n) is 3.72. The fraction of sp³-hybridized carbons (Fsp3) is 0.381. The number of fused-ring (bicyclic) bond motifs is 1. The zero-order valence-corrected chi connectivity index (χ0v) is 19.0. The molecule has 0 saturated carbocycles. The molecular formula is C21H22F3NO7S. The maximum Gasteiger partial charge on any atom is 0.416 e. The van der Waals surface area contributed by atoms with Crippen molar-refractivity contribution in [3.63, 3.8) is 0 Å². The maximum absolute atomic E-state index is 13.3. The first-order valence-electron chi connectivity index (χ1n) is 9.56. The van der Waals surface area contributed by atoms with Gasteiger partial charge in [0.05, 0.1) is 51.4 Å². The van der Waals surface area contributed by atoms with Gasteiger partial charge in [-0.3, -0.25) is 4.79 Å². The lowest BCUT2D eigenvalue weighted by atomic mass is 10.0. The summed E-state index contributed by atoms with van der Waals surface area (Å²) in [7, 11) is 1.09. The van der Waals surface area contributed by atoms with E-state index in [1.54, 1.807) is 0 Å². The van der Waals surface area contributed by atoms with Crippen LogP contribution in [-0.2, 0) is 32.3 Å². The summed E-state index contributed by atoms with van der Waals surface area (Å²) in [5, 5.41) is 0. The van der Waals surface area contributed by atoms with Crippen molar-refractivity contribution in [1.29, 1.82) is 0 Å². The van der Waals surface area contributed by atoms with Gasteiger partial charge in [-0.05, 0) is 41.5 Å². The van der Waals surface area contributed by atoms with Crippen LogP contribution in [0.15, 0.2) is 35.2 Å². The molecule has 1 atom stereocenters. The molecule has 0 saturated heterocycles. The Labute approximate surface area is 188 Å². The van der Waals surface area contributed by atoms with Crippen LogP contribution in [0, 0.1) is 0 Å². The second kappa shape index (κ2) is 9.10. The number of benzene rings is 2. The number of carbonyl (C=O) groups excluding carboxylic acids is 1. The molecule has 180 valence electrons. The maximum atomic E-state index is 13.3. The zero-order chi connectivity index (χ0) is 24.6. The topological polar surface area (TPSA) is 91.4 Å². The second-order valence-electron chi connectivity index (χ2n) is 7.13. The molecule has 0 unspecified atom stereocenters. The van der Waals surface area contributed by atoms with E-state index in [0.717, 1.165) is 23.5 Å². The number of alkyl halides is 3. The van der Waals surface area contributed by atoms with Crippen molar-refractivity contribution in [1.82, 2.24) is 4.31 Å². The van der Waals surface area contributed by atoms with E-state index >= 15 is 0 Å². The first-order valence-corrected chi connectivity index (χ1v) is 11.0. The molecule has 0 radical (unpaired) electrons. The standard InChI is InChI=1S/C21H22F3NO7S/c1-29-16-7-12(8-17(30-2)20(16)32-4)11-25-15(10-19(26)31-3)14-9-13(21(22,23)24)5-6-18(14)33(25,27)28/h5-9,15H,10-11H2,1-4H3/t15-/m0/s1. The van der Waals surface area contributed by atoms with Gasteiger partial charge in [0.2, 0.25) is 15.8 Å². The average Bonchev–Trinajstić information content (AvgIpc) is 2.98. The lowest BCUT2D eigenvalue weighted by Crippen LogP contribution is -2.29. The van der Waals surface area contributed by atoms with Gasteiger partial charge in [0.15, 0.2) is 11.5 Å². The number of rotatable bonds is 7. The highest BCUT2D eigenvalue weighted by Gasteiger charge is 2.45. The first kappa shape index (κ1) is 24.6. The van der Waals surface area contributed by atoms with Gasteiger partial charge in [0.1, 0.15) is 0 Å². The molecule has 0 N–H and O–H groups in total. The number of esters is 1. The summed E-state index contributed by atoms with van der Waals surface area (Å²) in [6.07, 6.45) is -5.15. The highest BCUT2D eigenvalue weighted by Crippen LogP contribution is 2.46. The van der Waals surface area contributed by atoms with E-state index in [0.29, 0.717) is 11.6 Å². The van der Waals surface area contributed by atoms with Gasteiger partial charge in [-0.2, -0.15) is 17.5 Å². The Balaban J connectivity index is 2.12. The molecule has 33 heavy (non-hydrogen) atoms. The molecule has 1 aliphatic heterocycles. The van der Waals surface area contributed by atoms with E-state index in [1.165, 1.54) is 33.5 Å². The van der Waals surface area contributed by atoms with Crippen molar-refractivity contribution in [2.24, 2.45) is 0 Å².